The van der Waals surface area contributed by atoms with Gasteiger partial charge in [-0.05, 0) is 18.9 Å². The predicted octanol–water partition coefficient (Wildman–Crippen LogP) is 2.03. The molecule has 0 radical (unpaired) electrons. The fourth-order valence-corrected chi connectivity index (χ4v) is 3.26. The third-order valence-corrected chi connectivity index (χ3v) is 4.77. The average molecular weight is 356 g/mol. The molecular weight excluding hydrogens is 342 g/mol. The topological polar surface area (TPSA) is 92.6 Å². The molecule has 4 aromatic rings. The molecule has 0 atom stereocenters. The van der Waals surface area contributed by atoms with Crippen LogP contribution in [0.3, 0.4) is 0 Å². The van der Waals surface area contributed by atoms with E-state index in [9.17, 15) is 5.11 Å². The van der Waals surface area contributed by atoms with Crippen LogP contribution in [0.5, 0.6) is 0 Å². The minimum atomic E-state index is -0.211. The van der Waals surface area contributed by atoms with E-state index in [2.05, 4.69) is 25.4 Å². The summed E-state index contributed by atoms with van der Waals surface area (Å²) in [5.41, 5.74) is 2.74. The van der Waals surface area contributed by atoms with Gasteiger partial charge in [-0.15, -0.1) is 5.10 Å². The van der Waals surface area contributed by atoms with Crippen LogP contribution in [0, 0.1) is 0 Å². The summed E-state index contributed by atoms with van der Waals surface area (Å²) in [4.78, 5) is 12.8. The Bertz CT molecular complexity index is 1080. The van der Waals surface area contributed by atoms with E-state index in [-0.39, 0.29) is 12.1 Å². The fourth-order valence-electron chi connectivity index (χ4n) is 3.08. The van der Waals surface area contributed by atoms with E-state index >= 15 is 0 Å². The van der Waals surface area contributed by atoms with Gasteiger partial charge in [-0.2, -0.15) is 0 Å². The number of imidazole rings is 1. The number of aliphatic hydroxyl groups excluding tert-OH is 1. The molecule has 0 amide bonds. The number of nitrogens with zero attached hydrogens (tertiary/aromatic N) is 6. The van der Waals surface area contributed by atoms with Gasteiger partial charge >= 0.3 is 0 Å². The standard InChI is InChI=1S/C16H14ClN7O/c17-14-7-20-16-19-5-9(8-23(14)16)12-1-2-24-13(12)6-18-15(22-24)21-10-3-11(25)4-10/h1-2,5-8,10-11,25H,3-4H2,(H,21,22). The number of aliphatic hydroxyl groups is 1. The summed E-state index contributed by atoms with van der Waals surface area (Å²) in [6.45, 7) is 0. The zero-order valence-electron chi connectivity index (χ0n) is 13.0. The molecule has 126 valence electrons. The highest BCUT2D eigenvalue weighted by Gasteiger charge is 2.27. The van der Waals surface area contributed by atoms with Gasteiger partial charge in [-0.3, -0.25) is 4.40 Å². The molecule has 0 aromatic carbocycles. The molecule has 25 heavy (non-hydrogen) atoms. The molecule has 0 aliphatic heterocycles. The van der Waals surface area contributed by atoms with Crippen LogP contribution in [0.25, 0.3) is 22.4 Å². The van der Waals surface area contributed by atoms with Crippen molar-refractivity contribution in [3.8, 4) is 11.1 Å². The summed E-state index contributed by atoms with van der Waals surface area (Å²) in [5.74, 6) is 1.11. The second-order valence-electron chi connectivity index (χ2n) is 6.20. The van der Waals surface area contributed by atoms with E-state index in [1.54, 1.807) is 27.5 Å². The summed E-state index contributed by atoms with van der Waals surface area (Å²) in [7, 11) is 0. The van der Waals surface area contributed by atoms with Gasteiger partial charge in [0.1, 0.15) is 5.15 Å². The molecule has 4 aromatic heterocycles. The van der Waals surface area contributed by atoms with Gasteiger partial charge in [0.2, 0.25) is 11.7 Å². The first kappa shape index (κ1) is 14.6. The number of fused-ring (bicyclic) bond motifs is 2. The number of hydrogen-bond acceptors (Lipinski definition) is 6. The normalized spacial score (nSPS) is 20.1. The molecule has 1 aliphatic rings. The molecule has 1 fully saturated rings. The van der Waals surface area contributed by atoms with E-state index < -0.39 is 0 Å². The Balaban J connectivity index is 1.51. The van der Waals surface area contributed by atoms with Crippen molar-refractivity contribution in [2.75, 3.05) is 5.32 Å². The molecule has 8 nitrogen and oxygen atoms in total. The molecule has 2 N–H and O–H groups in total. The van der Waals surface area contributed by atoms with Crippen LogP contribution in [-0.2, 0) is 0 Å². The lowest BCUT2D eigenvalue weighted by molar-refractivity contribution is 0.0833. The Morgan fingerprint density at radius 2 is 2.00 bits per heavy atom. The number of rotatable bonds is 3. The second kappa shape index (κ2) is 5.40. The number of anilines is 1. The minimum absolute atomic E-state index is 0.211. The molecule has 5 rings (SSSR count). The molecule has 9 heteroatoms. The highest BCUT2D eigenvalue weighted by atomic mass is 35.5. The minimum Gasteiger partial charge on any atom is -0.393 e. The largest absolute Gasteiger partial charge is 0.393 e. The molecule has 0 spiro atoms. The van der Waals surface area contributed by atoms with Crippen molar-refractivity contribution in [3.63, 3.8) is 0 Å². The maximum Gasteiger partial charge on any atom is 0.241 e. The van der Waals surface area contributed by atoms with Crippen LogP contribution in [0.2, 0.25) is 5.15 Å². The smallest absolute Gasteiger partial charge is 0.241 e. The average Bonchev–Trinajstić information content (AvgIpc) is 3.17. The zero-order chi connectivity index (χ0) is 17.0. The van der Waals surface area contributed by atoms with Crippen LogP contribution in [0.1, 0.15) is 12.8 Å². The quantitative estimate of drug-likeness (QED) is 0.584. The molecule has 0 saturated heterocycles. The molecule has 0 unspecified atom stereocenters. The van der Waals surface area contributed by atoms with Crippen molar-refractivity contribution in [2.45, 2.75) is 25.0 Å². The van der Waals surface area contributed by atoms with Crippen molar-refractivity contribution in [1.29, 1.82) is 0 Å². The highest BCUT2D eigenvalue weighted by molar-refractivity contribution is 6.29. The third-order valence-electron chi connectivity index (χ3n) is 4.49. The number of nitrogens with one attached hydrogen (secondary N) is 1. The van der Waals surface area contributed by atoms with Crippen molar-refractivity contribution in [1.82, 2.24) is 29.0 Å². The Hall–Kier alpha value is -2.71. The molecule has 1 aliphatic carbocycles. The van der Waals surface area contributed by atoms with Gasteiger partial charge in [0, 0.05) is 35.8 Å². The lowest BCUT2D eigenvalue weighted by Gasteiger charge is -2.31. The van der Waals surface area contributed by atoms with E-state index in [1.165, 1.54) is 0 Å². The van der Waals surface area contributed by atoms with E-state index in [1.807, 2.05) is 18.5 Å². The first-order valence-electron chi connectivity index (χ1n) is 7.95. The highest BCUT2D eigenvalue weighted by Crippen LogP contribution is 2.27. The van der Waals surface area contributed by atoms with Crippen LogP contribution in [0.4, 0.5) is 5.95 Å². The number of halogens is 1. The van der Waals surface area contributed by atoms with E-state index in [4.69, 9.17) is 11.6 Å². The van der Waals surface area contributed by atoms with Crippen molar-refractivity contribution >= 4 is 28.8 Å². The fraction of sp³-hybridized carbons (Fsp3) is 0.250. The van der Waals surface area contributed by atoms with Crippen molar-refractivity contribution in [3.05, 3.63) is 42.2 Å². The zero-order valence-corrected chi connectivity index (χ0v) is 13.8. The summed E-state index contributed by atoms with van der Waals surface area (Å²) < 4.78 is 3.51. The lowest BCUT2D eigenvalue weighted by Crippen LogP contribution is -2.39. The summed E-state index contributed by atoms with van der Waals surface area (Å²) in [6, 6.07) is 2.20. The van der Waals surface area contributed by atoms with Gasteiger partial charge in [-0.1, -0.05) is 11.6 Å². The summed E-state index contributed by atoms with van der Waals surface area (Å²) >= 11 is 6.13. The Morgan fingerprint density at radius 1 is 1.16 bits per heavy atom. The summed E-state index contributed by atoms with van der Waals surface area (Å²) in [5, 5.41) is 17.6. The first-order valence-corrected chi connectivity index (χ1v) is 8.33. The van der Waals surface area contributed by atoms with Gasteiger partial charge in [0.25, 0.3) is 0 Å². The van der Waals surface area contributed by atoms with E-state index in [0.717, 1.165) is 29.5 Å². The lowest BCUT2D eigenvalue weighted by atomic mass is 9.90. The van der Waals surface area contributed by atoms with Gasteiger partial charge < -0.3 is 10.4 Å². The number of hydrogen-bond donors (Lipinski definition) is 2. The third kappa shape index (κ3) is 2.41. The Morgan fingerprint density at radius 3 is 2.84 bits per heavy atom. The van der Waals surface area contributed by atoms with Crippen LogP contribution < -0.4 is 5.32 Å². The van der Waals surface area contributed by atoms with Gasteiger partial charge in [0.05, 0.1) is 24.0 Å². The monoisotopic (exact) mass is 355 g/mol. The molecule has 1 saturated carbocycles. The predicted molar refractivity (Wildman–Crippen MR) is 92.6 cm³/mol. The maximum absolute atomic E-state index is 9.37. The van der Waals surface area contributed by atoms with Gasteiger partial charge in [0.15, 0.2) is 0 Å². The summed E-state index contributed by atoms with van der Waals surface area (Å²) in [6.07, 6.45) is 10.1. The molecular formula is C16H14ClN7O. The van der Waals surface area contributed by atoms with Crippen molar-refractivity contribution < 1.29 is 5.11 Å². The second-order valence-corrected chi connectivity index (χ2v) is 6.59. The van der Waals surface area contributed by atoms with E-state index in [0.29, 0.717) is 16.9 Å². The first-order chi connectivity index (χ1) is 12.2. The molecule has 0 bridgehead atoms. The Kier molecular flexibility index (Phi) is 3.16. The van der Waals surface area contributed by atoms with Crippen LogP contribution >= 0.6 is 11.6 Å². The number of aromatic nitrogens is 6. The molecule has 4 heterocycles. The van der Waals surface area contributed by atoms with Crippen LogP contribution in [-0.4, -0.2) is 46.2 Å². The SMILES string of the molecule is OC1CC(Nc2ncc3c(-c4cnc5ncc(Cl)n5c4)ccn3n2)C1. The maximum atomic E-state index is 9.37. The van der Waals surface area contributed by atoms with Crippen molar-refractivity contribution in [2.24, 2.45) is 0 Å². The van der Waals surface area contributed by atoms with Crippen LogP contribution in [0.15, 0.2) is 37.1 Å². The van der Waals surface area contributed by atoms with Gasteiger partial charge in [-0.25, -0.2) is 19.5 Å². The Labute approximate surface area is 147 Å².